The van der Waals surface area contributed by atoms with Gasteiger partial charge in [-0.15, -0.1) is 12.4 Å². The van der Waals surface area contributed by atoms with Crippen LogP contribution >= 0.6 is 35.6 Å². The molecule has 4 nitrogen and oxygen atoms in total. The number of benzene rings is 1. The molecule has 8 heteroatoms. The van der Waals surface area contributed by atoms with Crippen molar-refractivity contribution in [3.63, 3.8) is 0 Å². The van der Waals surface area contributed by atoms with Crippen molar-refractivity contribution >= 4 is 45.6 Å². The Hall–Kier alpha value is -0.0400. The van der Waals surface area contributed by atoms with Gasteiger partial charge in [-0.3, -0.25) is 0 Å². The predicted molar refractivity (Wildman–Crippen MR) is 79.9 cm³/mol. The first-order valence-corrected chi connectivity index (χ1v) is 7.78. The summed E-state index contributed by atoms with van der Waals surface area (Å²) in [5.74, 6) is 0. The van der Waals surface area contributed by atoms with Crippen molar-refractivity contribution in [2.75, 3.05) is 20.1 Å². The molecule has 0 aliphatic carbocycles. The zero-order valence-electron chi connectivity index (χ0n) is 10.3. The van der Waals surface area contributed by atoms with E-state index in [9.17, 15) is 8.42 Å². The highest BCUT2D eigenvalue weighted by atomic mass is 35.5. The maximum absolute atomic E-state index is 12.5. The maximum Gasteiger partial charge on any atom is 0.246 e. The largest absolute Gasteiger partial charge is 0.316 e. The molecule has 1 N–H and O–H groups in total. The summed E-state index contributed by atoms with van der Waals surface area (Å²) in [6.07, 6.45) is 0.789. The van der Waals surface area contributed by atoms with Gasteiger partial charge in [0.1, 0.15) is 4.90 Å². The molecule has 1 aliphatic rings. The highest BCUT2D eigenvalue weighted by Crippen LogP contribution is 2.32. The van der Waals surface area contributed by atoms with Crippen LogP contribution in [0.15, 0.2) is 23.1 Å². The lowest BCUT2D eigenvalue weighted by molar-refractivity contribution is 0.464. The van der Waals surface area contributed by atoms with Gasteiger partial charge in [-0.05, 0) is 25.6 Å². The zero-order valence-corrected chi connectivity index (χ0v) is 13.4. The van der Waals surface area contributed by atoms with E-state index in [1.54, 1.807) is 6.07 Å². The molecule has 1 aliphatic heterocycles. The molecule has 0 aromatic heterocycles. The summed E-state index contributed by atoms with van der Waals surface area (Å²) in [5, 5.41) is 3.40. The topological polar surface area (TPSA) is 49.4 Å². The van der Waals surface area contributed by atoms with Crippen LogP contribution < -0.4 is 5.32 Å². The Morgan fingerprint density at radius 3 is 2.37 bits per heavy atom. The minimum Gasteiger partial charge on any atom is -0.316 e. The van der Waals surface area contributed by atoms with Crippen LogP contribution in [0.4, 0.5) is 0 Å². The lowest BCUT2D eigenvalue weighted by Crippen LogP contribution is -2.33. The van der Waals surface area contributed by atoms with E-state index in [0.717, 1.165) is 6.42 Å². The van der Waals surface area contributed by atoms with E-state index in [1.807, 2.05) is 7.05 Å². The highest BCUT2D eigenvalue weighted by molar-refractivity contribution is 7.89. The van der Waals surface area contributed by atoms with Gasteiger partial charge in [0.25, 0.3) is 0 Å². The molecule has 1 aromatic carbocycles. The van der Waals surface area contributed by atoms with Crippen LogP contribution in [-0.4, -0.2) is 38.9 Å². The Balaban J connectivity index is 0.00000180. The van der Waals surface area contributed by atoms with E-state index >= 15 is 0 Å². The van der Waals surface area contributed by atoms with Gasteiger partial charge in [0.15, 0.2) is 0 Å². The van der Waals surface area contributed by atoms with Crippen LogP contribution in [0.2, 0.25) is 10.0 Å². The second-order valence-electron chi connectivity index (χ2n) is 4.19. The fourth-order valence-electron chi connectivity index (χ4n) is 2.04. The number of likely N-dealkylation sites (N-methyl/N-ethyl adjacent to an activating group) is 1. The van der Waals surface area contributed by atoms with Gasteiger partial charge in [-0.1, -0.05) is 29.3 Å². The smallest absolute Gasteiger partial charge is 0.246 e. The lowest BCUT2D eigenvalue weighted by atomic mass is 10.3. The molecule has 0 radical (unpaired) electrons. The van der Waals surface area contributed by atoms with Gasteiger partial charge in [0.2, 0.25) is 10.0 Å². The monoisotopic (exact) mass is 344 g/mol. The number of halogens is 3. The van der Waals surface area contributed by atoms with Crippen molar-refractivity contribution in [1.29, 1.82) is 0 Å². The highest BCUT2D eigenvalue weighted by Gasteiger charge is 2.34. The molecule has 0 amide bonds. The van der Waals surface area contributed by atoms with Gasteiger partial charge in [-0.25, -0.2) is 8.42 Å². The van der Waals surface area contributed by atoms with Crippen LogP contribution in [-0.2, 0) is 10.0 Å². The van der Waals surface area contributed by atoms with Gasteiger partial charge >= 0.3 is 0 Å². The van der Waals surface area contributed by atoms with E-state index in [0.29, 0.717) is 13.1 Å². The lowest BCUT2D eigenvalue weighted by Gasteiger charge is -2.18. The van der Waals surface area contributed by atoms with Gasteiger partial charge in [-0.2, -0.15) is 4.31 Å². The van der Waals surface area contributed by atoms with E-state index < -0.39 is 10.0 Å². The average molecular weight is 346 g/mol. The van der Waals surface area contributed by atoms with Crippen LogP contribution in [0.3, 0.4) is 0 Å². The molecule has 0 saturated carbocycles. The molecule has 108 valence electrons. The summed E-state index contributed by atoms with van der Waals surface area (Å²) in [6.45, 7) is 0.926. The van der Waals surface area contributed by atoms with Crippen molar-refractivity contribution in [3.8, 4) is 0 Å². The second kappa shape index (κ2) is 6.61. The molecule has 1 aromatic rings. The van der Waals surface area contributed by atoms with Gasteiger partial charge in [0.05, 0.1) is 10.0 Å². The molecular weight excluding hydrogens is 331 g/mol. The summed E-state index contributed by atoms with van der Waals surface area (Å²) in [4.78, 5) is 0.00471. The van der Waals surface area contributed by atoms with E-state index in [1.165, 1.54) is 16.4 Å². The quantitative estimate of drug-likeness (QED) is 0.915. The molecule has 2 rings (SSSR count). The molecule has 1 fully saturated rings. The summed E-state index contributed by atoms with van der Waals surface area (Å²) < 4.78 is 26.4. The van der Waals surface area contributed by atoms with Crippen molar-refractivity contribution in [2.24, 2.45) is 0 Å². The molecule has 1 atom stereocenters. The zero-order chi connectivity index (χ0) is 13.3. The molecule has 1 saturated heterocycles. The second-order valence-corrected chi connectivity index (χ2v) is 6.88. The Morgan fingerprint density at radius 2 is 1.89 bits per heavy atom. The summed E-state index contributed by atoms with van der Waals surface area (Å²) in [6, 6.07) is 4.88. The predicted octanol–water partition coefficient (Wildman–Crippen LogP) is 2.40. The Bertz CT molecular complexity index is 531. The number of hydrogen-bond acceptors (Lipinski definition) is 3. The third-order valence-electron chi connectivity index (χ3n) is 3.08. The van der Waals surface area contributed by atoms with Crippen molar-refractivity contribution in [1.82, 2.24) is 9.62 Å². The average Bonchev–Trinajstić information content (AvgIpc) is 2.77. The Labute approximate surface area is 129 Å². The van der Waals surface area contributed by atoms with Crippen molar-refractivity contribution < 1.29 is 8.42 Å². The summed E-state index contributed by atoms with van der Waals surface area (Å²) in [7, 11) is -1.79. The number of nitrogens with one attached hydrogen (secondary N) is 1. The fraction of sp³-hybridized carbons (Fsp3) is 0.455. The van der Waals surface area contributed by atoms with Crippen molar-refractivity contribution in [2.45, 2.75) is 17.4 Å². The molecule has 1 unspecified atom stereocenters. The fourth-order valence-corrected chi connectivity index (χ4v) is 4.63. The van der Waals surface area contributed by atoms with E-state index in [-0.39, 0.29) is 33.4 Å². The summed E-state index contributed by atoms with van der Waals surface area (Å²) in [5.41, 5.74) is 0. The molecule has 1 heterocycles. The van der Waals surface area contributed by atoms with Crippen LogP contribution in [0.25, 0.3) is 0 Å². The first-order valence-electron chi connectivity index (χ1n) is 5.58. The minimum absolute atomic E-state index is 0. The van der Waals surface area contributed by atoms with Gasteiger partial charge in [0, 0.05) is 19.1 Å². The Morgan fingerprint density at radius 1 is 1.32 bits per heavy atom. The number of nitrogens with zero attached hydrogens (tertiary/aromatic N) is 1. The minimum atomic E-state index is -3.61. The van der Waals surface area contributed by atoms with Crippen LogP contribution in [0.5, 0.6) is 0 Å². The standard InChI is InChI=1S/C11H14Cl2N2O2S.ClH/c1-14-8-5-6-15(7-8)18(16,17)11-9(12)3-2-4-10(11)13;/h2-4,8,14H,5-7H2,1H3;1H. The number of sulfonamides is 1. The number of hydrogen-bond donors (Lipinski definition) is 1. The Kier molecular flexibility index (Phi) is 5.92. The first-order chi connectivity index (χ1) is 8.46. The van der Waals surface area contributed by atoms with E-state index in [2.05, 4.69) is 5.32 Å². The van der Waals surface area contributed by atoms with Crippen LogP contribution in [0.1, 0.15) is 6.42 Å². The molecule has 0 bridgehead atoms. The maximum atomic E-state index is 12.5. The third kappa shape index (κ3) is 3.35. The van der Waals surface area contributed by atoms with E-state index in [4.69, 9.17) is 23.2 Å². The molecule has 19 heavy (non-hydrogen) atoms. The van der Waals surface area contributed by atoms with Crippen LogP contribution in [0, 0.1) is 0 Å². The normalized spacial score (nSPS) is 20.3. The summed E-state index contributed by atoms with van der Waals surface area (Å²) >= 11 is 11.9. The molecular formula is C11H15Cl3N2O2S. The first kappa shape index (κ1) is 17.0. The van der Waals surface area contributed by atoms with Gasteiger partial charge < -0.3 is 5.32 Å². The number of rotatable bonds is 3. The third-order valence-corrected chi connectivity index (χ3v) is 5.90. The molecule has 0 spiro atoms. The van der Waals surface area contributed by atoms with Crippen molar-refractivity contribution in [3.05, 3.63) is 28.2 Å². The SMILES string of the molecule is CNC1CCN(S(=O)(=O)c2c(Cl)cccc2Cl)C1.Cl.